The van der Waals surface area contributed by atoms with E-state index in [1.54, 1.807) is 0 Å². The maximum absolute atomic E-state index is 5.87. The van der Waals surface area contributed by atoms with Crippen molar-refractivity contribution >= 4 is 5.82 Å². The van der Waals surface area contributed by atoms with Crippen LogP contribution in [0.1, 0.15) is 51.0 Å². The predicted octanol–water partition coefficient (Wildman–Crippen LogP) is 2.97. The Balaban J connectivity index is 1.94. The predicted molar refractivity (Wildman–Crippen MR) is 72.5 cm³/mol. The minimum atomic E-state index is 0.545. The summed E-state index contributed by atoms with van der Waals surface area (Å²) in [6.45, 7) is 2.82. The Kier molecular flexibility index (Phi) is 4.79. The van der Waals surface area contributed by atoms with Crippen molar-refractivity contribution in [2.75, 3.05) is 12.3 Å². The molecule has 0 atom stereocenters. The van der Waals surface area contributed by atoms with Crippen LogP contribution in [0.25, 0.3) is 0 Å². The second-order valence-corrected chi connectivity index (χ2v) is 5.06. The molecule has 1 aliphatic rings. The van der Waals surface area contributed by atoms with E-state index in [1.807, 2.05) is 6.92 Å². The van der Waals surface area contributed by atoms with Gasteiger partial charge in [0.1, 0.15) is 12.1 Å². The van der Waals surface area contributed by atoms with E-state index in [0.717, 1.165) is 18.6 Å². The Morgan fingerprint density at radius 3 is 2.61 bits per heavy atom. The first-order valence-electron chi connectivity index (χ1n) is 7.03. The van der Waals surface area contributed by atoms with Crippen LogP contribution in [-0.4, -0.2) is 16.6 Å². The van der Waals surface area contributed by atoms with E-state index >= 15 is 0 Å². The number of hydrogen-bond donors (Lipinski definition) is 1. The van der Waals surface area contributed by atoms with Crippen molar-refractivity contribution in [3.63, 3.8) is 0 Å². The largest absolute Gasteiger partial charge is 0.477 e. The normalized spacial score (nSPS) is 17.4. The zero-order chi connectivity index (χ0) is 12.8. The Hall–Kier alpha value is -1.32. The molecule has 18 heavy (non-hydrogen) atoms. The van der Waals surface area contributed by atoms with Crippen LogP contribution >= 0.6 is 0 Å². The molecule has 1 aromatic heterocycles. The van der Waals surface area contributed by atoms with Crippen molar-refractivity contribution in [2.24, 2.45) is 5.92 Å². The minimum Gasteiger partial charge on any atom is -0.477 e. The minimum absolute atomic E-state index is 0.545. The maximum atomic E-state index is 5.87. The highest BCUT2D eigenvalue weighted by Crippen LogP contribution is 2.25. The van der Waals surface area contributed by atoms with E-state index in [1.165, 1.54) is 44.9 Å². The van der Waals surface area contributed by atoms with Gasteiger partial charge in [-0.25, -0.2) is 9.97 Å². The summed E-state index contributed by atoms with van der Waals surface area (Å²) in [7, 11) is 0. The highest BCUT2D eigenvalue weighted by Gasteiger charge is 2.15. The SMILES string of the molecule is CCc1c(N)ncnc1OCC1CCCCCC1. The molecule has 1 aliphatic carbocycles. The molecule has 100 valence electrons. The highest BCUT2D eigenvalue weighted by atomic mass is 16.5. The second-order valence-electron chi connectivity index (χ2n) is 5.06. The zero-order valence-corrected chi connectivity index (χ0v) is 11.2. The van der Waals surface area contributed by atoms with Crippen LogP contribution in [0.5, 0.6) is 5.88 Å². The Labute approximate surface area is 109 Å². The quantitative estimate of drug-likeness (QED) is 0.833. The fourth-order valence-corrected chi connectivity index (χ4v) is 2.59. The van der Waals surface area contributed by atoms with Gasteiger partial charge in [-0.2, -0.15) is 0 Å². The lowest BCUT2D eigenvalue weighted by Gasteiger charge is -2.16. The molecule has 2 N–H and O–H groups in total. The van der Waals surface area contributed by atoms with Crippen LogP contribution in [0.4, 0.5) is 5.82 Å². The van der Waals surface area contributed by atoms with Gasteiger partial charge in [-0.3, -0.25) is 0 Å². The molecule has 1 heterocycles. The fraction of sp³-hybridized carbons (Fsp3) is 0.714. The van der Waals surface area contributed by atoms with Crippen molar-refractivity contribution in [1.82, 2.24) is 9.97 Å². The standard InChI is InChI=1S/C14H23N3O/c1-2-12-13(15)16-10-17-14(12)18-9-11-7-5-3-4-6-8-11/h10-11H,2-9H2,1H3,(H2,15,16,17). The van der Waals surface area contributed by atoms with Crippen LogP contribution in [0.15, 0.2) is 6.33 Å². The number of nitrogens with two attached hydrogens (primary N) is 1. The molecule has 1 saturated carbocycles. The van der Waals surface area contributed by atoms with E-state index in [2.05, 4.69) is 9.97 Å². The van der Waals surface area contributed by atoms with Crippen molar-refractivity contribution in [3.8, 4) is 5.88 Å². The Bertz CT molecular complexity index is 373. The average molecular weight is 249 g/mol. The molecule has 0 radical (unpaired) electrons. The van der Waals surface area contributed by atoms with Crippen molar-refractivity contribution in [2.45, 2.75) is 51.9 Å². The smallest absolute Gasteiger partial charge is 0.221 e. The summed E-state index contributed by atoms with van der Waals surface area (Å²) < 4.78 is 5.87. The summed E-state index contributed by atoms with van der Waals surface area (Å²) in [4.78, 5) is 8.21. The first-order valence-corrected chi connectivity index (χ1v) is 7.03. The van der Waals surface area contributed by atoms with Crippen LogP contribution < -0.4 is 10.5 Å². The summed E-state index contributed by atoms with van der Waals surface area (Å²) in [6.07, 6.45) is 10.3. The average Bonchev–Trinajstić information content (AvgIpc) is 2.65. The number of hydrogen-bond acceptors (Lipinski definition) is 4. The Morgan fingerprint density at radius 1 is 1.22 bits per heavy atom. The van der Waals surface area contributed by atoms with Gasteiger partial charge in [0, 0.05) is 0 Å². The monoisotopic (exact) mass is 249 g/mol. The van der Waals surface area contributed by atoms with Gasteiger partial charge < -0.3 is 10.5 Å². The lowest BCUT2D eigenvalue weighted by Crippen LogP contribution is -2.13. The van der Waals surface area contributed by atoms with E-state index in [-0.39, 0.29) is 0 Å². The van der Waals surface area contributed by atoms with Gasteiger partial charge >= 0.3 is 0 Å². The first kappa shape index (κ1) is 13.1. The van der Waals surface area contributed by atoms with Gasteiger partial charge in [-0.15, -0.1) is 0 Å². The van der Waals surface area contributed by atoms with Gasteiger partial charge in [0.05, 0.1) is 12.2 Å². The molecule has 0 aliphatic heterocycles. The topological polar surface area (TPSA) is 61.0 Å². The maximum Gasteiger partial charge on any atom is 0.221 e. The molecule has 0 bridgehead atoms. The van der Waals surface area contributed by atoms with Gasteiger partial charge in [-0.1, -0.05) is 32.6 Å². The summed E-state index contributed by atoms with van der Waals surface area (Å²) in [5.41, 5.74) is 6.77. The summed E-state index contributed by atoms with van der Waals surface area (Å²) in [5, 5.41) is 0. The molecule has 0 spiro atoms. The zero-order valence-electron chi connectivity index (χ0n) is 11.2. The lowest BCUT2D eigenvalue weighted by molar-refractivity contribution is 0.224. The van der Waals surface area contributed by atoms with Crippen molar-refractivity contribution in [1.29, 1.82) is 0 Å². The molecule has 4 nitrogen and oxygen atoms in total. The summed E-state index contributed by atoms with van der Waals surface area (Å²) in [5.74, 6) is 1.89. The van der Waals surface area contributed by atoms with Gasteiger partial charge in [0.25, 0.3) is 0 Å². The molecule has 0 unspecified atom stereocenters. The van der Waals surface area contributed by atoms with Crippen LogP contribution in [0, 0.1) is 5.92 Å². The molecule has 2 rings (SSSR count). The van der Waals surface area contributed by atoms with E-state index < -0.39 is 0 Å². The van der Waals surface area contributed by atoms with Crippen LogP contribution in [-0.2, 0) is 6.42 Å². The third kappa shape index (κ3) is 3.34. The first-order chi connectivity index (χ1) is 8.81. The molecule has 1 fully saturated rings. The summed E-state index contributed by atoms with van der Waals surface area (Å²) in [6, 6.07) is 0. The molecule has 0 aromatic carbocycles. The number of nitrogens with zero attached hydrogens (tertiary/aromatic N) is 2. The Morgan fingerprint density at radius 2 is 1.94 bits per heavy atom. The van der Waals surface area contributed by atoms with E-state index in [0.29, 0.717) is 17.6 Å². The molecule has 0 amide bonds. The highest BCUT2D eigenvalue weighted by molar-refractivity contribution is 5.44. The number of nitrogen functional groups attached to an aromatic ring is 1. The fourth-order valence-electron chi connectivity index (χ4n) is 2.59. The number of aromatic nitrogens is 2. The van der Waals surface area contributed by atoms with Crippen LogP contribution in [0.2, 0.25) is 0 Å². The molecule has 4 heteroatoms. The van der Waals surface area contributed by atoms with E-state index in [4.69, 9.17) is 10.5 Å². The molecule has 0 saturated heterocycles. The van der Waals surface area contributed by atoms with Gasteiger partial charge in [-0.05, 0) is 25.2 Å². The van der Waals surface area contributed by atoms with Gasteiger partial charge in [0.2, 0.25) is 5.88 Å². The van der Waals surface area contributed by atoms with Crippen molar-refractivity contribution < 1.29 is 4.74 Å². The number of ether oxygens (including phenoxy) is 1. The second kappa shape index (κ2) is 6.57. The number of anilines is 1. The molecule has 1 aromatic rings. The lowest BCUT2D eigenvalue weighted by atomic mass is 10.0. The molecular formula is C14H23N3O. The molecular weight excluding hydrogens is 226 g/mol. The van der Waals surface area contributed by atoms with Crippen LogP contribution in [0.3, 0.4) is 0 Å². The third-order valence-electron chi connectivity index (χ3n) is 3.72. The third-order valence-corrected chi connectivity index (χ3v) is 3.72. The number of rotatable bonds is 4. The summed E-state index contributed by atoms with van der Waals surface area (Å²) >= 11 is 0. The van der Waals surface area contributed by atoms with E-state index in [9.17, 15) is 0 Å². The van der Waals surface area contributed by atoms with Gasteiger partial charge in [0.15, 0.2) is 0 Å². The van der Waals surface area contributed by atoms with Crippen molar-refractivity contribution in [3.05, 3.63) is 11.9 Å².